The van der Waals surface area contributed by atoms with E-state index in [1.54, 1.807) is 6.92 Å². The van der Waals surface area contributed by atoms with Crippen molar-refractivity contribution in [2.24, 2.45) is 11.8 Å². The third-order valence-corrected chi connectivity index (χ3v) is 2.31. The Bertz CT molecular complexity index is 142. The second-order valence-electron chi connectivity index (χ2n) is 3.20. The number of ether oxygens (including phenoxy) is 1. The van der Waals surface area contributed by atoms with Crippen LogP contribution in [0.15, 0.2) is 0 Å². The lowest BCUT2D eigenvalue weighted by atomic mass is 9.93. The summed E-state index contributed by atoms with van der Waals surface area (Å²) < 4.78 is 5.29. The average Bonchev–Trinajstić information content (AvgIpc) is 2.14. The van der Waals surface area contributed by atoms with E-state index in [1.807, 2.05) is 0 Å². The summed E-state index contributed by atoms with van der Waals surface area (Å²) in [5.41, 5.74) is 0. The quantitative estimate of drug-likeness (QED) is 0.550. The van der Waals surface area contributed by atoms with Gasteiger partial charge in [-0.05, 0) is 18.8 Å². The van der Waals surface area contributed by atoms with Gasteiger partial charge in [0.05, 0.1) is 6.61 Å². The highest BCUT2D eigenvalue weighted by Crippen LogP contribution is 2.26. The number of ketones is 1. The third-order valence-electron chi connectivity index (χ3n) is 2.31. The van der Waals surface area contributed by atoms with Crippen LogP contribution in [0.5, 0.6) is 0 Å². The summed E-state index contributed by atoms with van der Waals surface area (Å²) in [6.07, 6.45) is -0.130. The molecule has 1 saturated heterocycles. The standard InChI is InChI=1S/C8H14O2/c1-5-4-10-8(6(5)2)7(3)9/h5-6,8H,4H2,1-3H3. The Morgan fingerprint density at radius 2 is 2.10 bits per heavy atom. The molecular weight excluding hydrogens is 128 g/mol. The van der Waals surface area contributed by atoms with Crippen LogP contribution in [0.2, 0.25) is 0 Å². The summed E-state index contributed by atoms with van der Waals surface area (Å²) >= 11 is 0. The second-order valence-corrected chi connectivity index (χ2v) is 3.20. The number of hydrogen-bond donors (Lipinski definition) is 0. The molecule has 2 nitrogen and oxygen atoms in total. The minimum atomic E-state index is -0.130. The molecule has 1 heterocycles. The van der Waals surface area contributed by atoms with Crippen molar-refractivity contribution in [3.05, 3.63) is 0 Å². The van der Waals surface area contributed by atoms with Gasteiger partial charge in [-0.25, -0.2) is 0 Å². The van der Waals surface area contributed by atoms with Gasteiger partial charge in [-0.2, -0.15) is 0 Å². The topological polar surface area (TPSA) is 26.3 Å². The first kappa shape index (κ1) is 7.73. The van der Waals surface area contributed by atoms with Crippen molar-refractivity contribution in [3.8, 4) is 0 Å². The van der Waals surface area contributed by atoms with E-state index in [4.69, 9.17) is 4.74 Å². The highest BCUT2D eigenvalue weighted by Gasteiger charge is 2.33. The first-order valence-electron chi connectivity index (χ1n) is 3.75. The van der Waals surface area contributed by atoms with Crippen LogP contribution in [0.1, 0.15) is 20.8 Å². The molecule has 0 amide bonds. The van der Waals surface area contributed by atoms with Gasteiger partial charge in [0, 0.05) is 0 Å². The molecule has 1 aliphatic rings. The van der Waals surface area contributed by atoms with Gasteiger partial charge in [-0.3, -0.25) is 4.79 Å². The van der Waals surface area contributed by atoms with E-state index in [1.165, 1.54) is 0 Å². The maximum absolute atomic E-state index is 10.9. The van der Waals surface area contributed by atoms with Crippen molar-refractivity contribution in [1.82, 2.24) is 0 Å². The predicted molar refractivity (Wildman–Crippen MR) is 38.7 cm³/mol. The second kappa shape index (κ2) is 2.70. The fourth-order valence-electron chi connectivity index (χ4n) is 1.34. The van der Waals surface area contributed by atoms with Gasteiger partial charge in [-0.15, -0.1) is 0 Å². The Morgan fingerprint density at radius 1 is 1.50 bits per heavy atom. The maximum atomic E-state index is 10.9. The van der Waals surface area contributed by atoms with Gasteiger partial charge in [0.2, 0.25) is 0 Å². The molecule has 0 aliphatic carbocycles. The molecule has 0 saturated carbocycles. The van der Waals surface area contributed by atoms with Crippen LogP contribution in [-0.4, -0.2) is 18.5 Å². The molecule has 0 radical (unpaired) electrons. The molecular formula is C8H14O2. The molecule has 0 aromatic heterocycles. The van der Waals surface area contributed by atoms with Gasteiger partial charge in [0.15, 0.2) is 5.78 Å². The van der Waals surface area contributed by atoms with Gasteiger partial charge < -0.3 is 4.74 Å². The Balaban J connectivity index is 2.57. The number of carbonyl (C=O) groups excluding carboxylic acids is 1. The molecule has 3 atom stereocenters. The zero-order chi connectivity index (χ0) is 7.72. The normalized spacial score (nSPS) is 40.1. The minimum Gasteiger partial charge on any atom is -0.370 e. The first-order valence-corrected chi connectivity index (χ1v) is 3.75. The largest absolute Gasteiger partial charge is 0.370 e. The molecule has 3 unspecified atom stereocenters. The molecule has 1 rings (SSSR count). The minimum absolute atomic E-state index is 0.130. The third kappa shape index (κ3) is 1.21. The maximum Gasteiger partial charge on any atom is 0.158 e. The van der Waals surface area contributed by atoms with Gasteiger partial charge in [0.25, 0.3) is 0 Å². The van der Waals surface area contributed by atoms with Crippen molar-refractivity contribution in [3.63, 3.8) is 0 Å². The lowest BCUT2D eigenvalue weighted by molar-refractivity contribution is -0.126. The lowest BCUT2D eigenvalue weighted by Crippen LogP contribution is -2.23. The average molecular weight is 142 g/mol. The van der Waals surface area contributed by atoms with Crippen molar-refractivity contribution in [2.45, 2.75) is 26.9 Å². The van der Waals surface area contributed by atoms with Crippen molar-refractivity contribution < 1.29 is 9.53 Å². The number of hydrogen-bond acceptors (Lipinski definition) is 2. The van der Waals surface area contributed by atoms with Crippen LogP contribution in [-0.2, 0) is 9.53 Å². The Labute approximate surface area is 61.6 Å². The van der Waals surface area contributed by atoms with Crippen LogP contribution >= 0.6 is 0 Å². The summed E-state index contributed by atoms with van der Waals surface area (Å²) in [5.74, 6) is 1.10. The summed E-state index contributed by atoms with van der Waals surface area (Å²) in [5, 5.41) is 0. The Morgan fingerprint density at radius 3 is 2.30 bits per heavy atom. The molecule has 1 fully saturated rings. The highest BCUT2D eigenvalue weighted by molar-refractivity contribution is 5.81. The monoisotopic (exact) mass is 142 g/mol. The van der Waals surface area contributed by atoms with Crippen LogP contribution in [0.3, 0.4) is 0 Å². The van der Waals surface area contributed by atoms with Gasteiger partial charge in [-0.1, -0.05) is 13.8 Å². The van der Waals surface area contributed by atoms with Gasteiger partial charge in [0.1, 0.15) is 6.10 Å². The molecule has 0 aromatic carbocycles. The molecule has 0 bridgehead atoms. The molecule has 58 valence electrons. The predicted octanol–water partition coefficient (Wildman–Crippen LogP) is 1.25. The Kier molecular flexibility index (Phi) is 2.09. The molecule has 1 aliphatic heterocycles. The van der Waals surface area contributed by atoms with E-state index in [2.05, 4.69) is 13.8 Å². The zero-order valence-electron chi connectivity index (χ0n) is 6.76. The molecule has 2 heteroatoms. The SMILES string of the molecule is CC(=O)C1OCC(C)C1C. The van der Waals surface area contributed by atoms with Crippen LogP contribution in [0.25, 0.3) is 0 Å². The molecule has 0 N–H and O–H groups in total. The van der Waals surface area contributed by atoms with Crippen LogP contribution in [0, 0.1) is 11.8 Å². The molecule has 0 aromatic rings. The number of carbonyl (C=O) groups is 1. The number of rotatable bonds is 1. The fraction of sp³-hybridized carbons (Fsp3) is 0.875. The van der Waals surface area contributed by atoms with Crippen molar-refractivity contribution in [1.29, 1.82) is 0 Å². The van der Waals surface area contributed by atoms with Crippen molar-refractivity contribution >= 4 is 5.78 Å². The zero-order valence-corrected chi connectivity index (χ0v) is 6.76. The first-order chi connectivity index (χ1) is 4.63. The molecule has 10 heavy (non-hydrogen) atoms. The summed E-state index contributed by atoms with van der Waals surface area (Å²) in [6, 6.07) is 0. The van der Waals surface area contributed by atoms with E-state index in [9.17, 15) is 4.79 Å². The van der Waals surface area contributed by atoms with E-state index >= 15 is 0 Å². The van der Waals surface area contributed by atoms with E-state index in [0.29, 0.717) is 11.8 Å². The highest BCUT2D eigenvalue weighted by atomic mass is 16.5. The van der Waals surface area contributed by atoms with Crippen molar-refractivity contribution in [2.75, 3.05) is 6.61 Å². The van der Waals surface area contributed by atoms with E-state index in [-0.39, 0.29) is 11.9 Å². The van der Waals surface area contributed by atoms with E-state index < -0.39 is 0 Å². The smallest absolute Gasteiger partial charge is 0.158 e. The fourth-order valence-corrected chi connectivity index (χ4v) is 1.34. The summed E-state index contributed by atoms with van der Waals surface area (Å²) in [7, 11) is 0. The number of Topliss-reactive ketones (excluding diaryl/α,β-unsaturated/α-hetero) is 1. The molecule has 0 spiro atoms. The van der Waals surface area contributed by atoms with Gasteiger partial charge >= 0.3 is 0 Å². The van der Waals surface area contributed by atoms with E-state index in [0.717, 1.165) is 6.61 Å². The lowest BCUT2D eigenvalue weighted by Gasteiger charge is -2.11. The summed E-state index contributed by atoms with van der Waals surface area (Å²) in [6.45, 7) is 6.53. The van der Waals surface area contributed by atoms with Crippen LogP contribution in [0.4, 0.5) is 0 Å². The van der Waals surface area contributed by atoms with Crippen LogP contribution < -0.4 is 0 Å². The Hall–Kier alpha value is -0.370. The summed E-state index contributed by atoms with van der Waals surface area (Å²) in [4.78, 5) is 10.9.